The number of benzene rings is 1. The maximum atomic E-state index is 12.6. The molecule has 0 saturated carbocycles. The molecular formula is C13H18ClNO3S. The van der Waals surface area contributed by atoms with E-state index in [4.69, 9.17) is 16.3 Å². The molecule has 2 rings (SSSR count). The van der Waals surface area contributed by atoms with E-state index < -0.39 is 10.0 Å². The Morgan fingerprint density at radius 2 is 2.00 bits per heavy atom. The van der Waals surface area contributed by atoms with Gasteiger partial charge in [-0.15, -0.1) is 0 Å². The van der Waals surface area contributed by atoms with Gasteiger partial charge in [-0.3, -0.25) is 0 Å². The molecular weight excluding hydrogens is 286 g/mol. The number of ether oxygens (including phenoxy) is 1. The molecule has 0 aliphatic carbocycles. The lowest BCUT2D eigenvalue weighted by Crippen LogP contribution is -2.30. The van der Waals surface area contributed by atoms with E-state index in [-0.39, 0.29) is 6.10 Å². The van der Waals surface area contributed by atoms with Crippen LogP contribution < -0.4 is 0 Å². The monoisotopic (exact) mass is 303 g/mol. The van der Waals surface area contributed by atoms with E-state index in [1.165, 1.54) is 4.31 Å². The molecule has 106 valence electrons. The van der Waals surface area contributed by atoms with Gasteiger partial charge in [0.05, 0.1) is 11.0 Å². The molecule has 0 N–H and O–H groups in total. The van der Waals surface area contributed by atoms with Gasteiger partial charge in [0, 0.05) is 25.2 Å². The van der Waals surface area contributed by atoms with Crippen molar-refractivity contribution in [3.63, 3.8) is 0 Å². The quantitative estimate of drug-likeness (QED) is 0.861. The first-order valence-corrected chi connectivity index (χ1v) is 7.97. The van der Waals surface area contributed by atoms with Gasteiger partial charge < -0.3 is 4.74 Å². The normalized spacial score (nSPS) is 20.9. The zero-order chi connectivity index (χ0) is 14.2. The topological polar surface area (TPSA) is 46.6 Å². The fourth-order valence-corrected chi connectivity index (χ4v) is 4.28. The molecule has 1 unspecified atom stereocenters. The zero-order valence-electron chi connectivity index (χ0n) is 11.3. The van der Waals surface area contributed by atoms with Crippen LogP contribution in [0.4, 0.5) is 0 Å². The Balaban J connectivity index is 2.38. The molecule has 1 saturated heterocycles. The molecule has 1 fully saturated rings. The number of aryl methyl sites for hydroxylation is 2. The summed E-state index contributed by atoms with van der Waals surface area (Å²) >= 11 is 6.01. The van der Waals surface area contributed by atoms with Gasteiger partial charge in [0.1, 0.15) is 0 Å². The number of nitrogens with zero attached hydrogens (tertiary/aromatic N) is 1. The Morgan fingerprint density at radius 3 is 2.58 bits per heavy atom. The zero-order valence-corrected chi connectivity index (χ0v) is 12.9. The van der Waals surface area contributed by atoms with Crippen LogP contribution in [-0.2, 0) is 14.8 Å². The number of hydrogen-bond acceptors (Lipinski definition) is 3. The molecule has 1 heterocycles. The Morgan fingerprint density at radius 1 is 1.32 bits per heavy atom. The van der Waals surface area contributed by atoms with Crippen LogP contribution >= 0.6 is 11.6 Å². The maximum absolute atomic E-state index is 12.6. The number of halogens is 1. The summed E-state index contributed by atoms with van der Waals surface area (Å²) in [6.07, 6.45) is 0.727. The smallest absolute Gasteiger partial charge is 0.243 e. The van der Waals surface area contributed by atoms with Gasteiger partial charge in [-0.05, 0) is 43.5 Å². The SMILES string of the molecule is COC1CCN(S(=O)(=O)c2cc(C)c(Cl)cc2C)C1. The lowest BCUT2D eigenvalue weighted by atomic mass is 10.2. The summed E-state index contributed by atoms with van der Waals surface area (Å²) < 4.78 is 31.9. The summed E-state index contributed by atoms with van der Waals surface area (Å²) in [5, 5.41) is 0.590. The molecule has 0 amide bonds. The Kier molecular flexibility index (Phi) is 4.20. The second-order valence-corrected chi connectivity index (χ2v) is 7.19. The summed E-state index contributed by atoms with van der Waals surface area (Å²) in [5.74, 6) is 0. The van der Waals surface area contributed by atoms with Gasteiger partial charge in [0.25, 0.3) is 0 Å². The van der Waals surface area contributed by atoms with E-state index in [1.807, 2.05) is 6.92 Å². The van der Waals surface area contributed by atoms with Gasteiger partial charge in [-0.25, -0.2) is 8.42 Å². The first-order valence-electron chi connectivity index (χ1n) is 6.16. The first-order chi connectivity index (χ1) is 8.86. The van der Waals surface area contributed by atoms with Crippen LogP contribution in [0.25, 0.3) is 0 Å². The summed E-state index contributed by atoms with van der Waals surface area (Å²) in [4.78, 5) is 0.339. The molecule has 4 nitrogen and oxygen atoms in total. The molecule has 0 spiro atoms. The van der Waals surface area contributed by atoms with E-state index >= 15 is 0 Å². The number of methoxy groups -OCH3 is 1. The summed E-state index contributed by atoms with van der Waals surface area (Å²) in [6.45, 7) is 4.49. The third kappa shape index (κ3) is 2.79. The molecule has 1 aliphatic rings. The van der Waals surface area contributed by atoms with Crippen LogP contribution in [-0.4, -0.2) is 39.0 Å². The molecule has 1 atom stereocenters. The van der Waals surface area contributed by atoms with Crippen molar-refractivity contribution in [3.8, 4) is 0 Å². The molecule has 1 aromatic rings. The third-order valence-electron chi connectivity index (χ3n) is 3.52. The van der Waals surface area contributed by atoms with Crippen molar-refractivity contribution in [2.75, 3.05) is 20.2 Å². The van der Waals surface area contributed by atoms with Crippen molar-refractivity contribution in [2.45, 2.75) is 31.3 Å². The van der Waals surface area contributed by atoms with E-state index in [2.05, 4.69) is 0 Å². The van der Waals surface area contributed by atoms with Gasteiger partial charge in [-0.1, -0.05) is 11.6 Å². The summed E-state index contributed by atoms with van der Waals surface area (Å²) in [6, 6.07) is 3.35. The van der Waals surface area contributed by atoms with Crippen molar-refractivity contribution < 1.29 is 13.2 Å². The fraction of sp³-hybridized carbons (Fsp3) is 0.538. The van der Waals surface area contributed by atoms with Crippen LogP contribution in [0.5, 0.6) is 0 Å². The minimum absolute atomic E-state index is 0.0107. The molecule has 0 aromatic heterocycles. The van der Waals surface area contributed by atoms with Gasteiger partial charge >= 0.3 is 0 Å². The van der Waals surface area contributed by atoms with Gasteiger partial charge in [0.2, 0.25) is 10.0 Å². The van der Waals surface area contributed by atoms with E-state index in [1.54, 1.807) is 26.2 Å². The maximum Gasteiger partial charge on any atom is 0.243 e. The highest BCUT2D eigenvalue weighted by Gasteiger charge is 2.33. The lowest BCUT2D eigenvalue weighted by Gasteiger charge is -2.18. The van der Waals surface area contributed by atoms with Crippen LogP contribution in [0.1, 0.15) is 17.5 Å². The Labute approximate surface area is 119 Å². The highest BCUT2D eigenvalue weighted by molar-refractivity contribution is 7.89. The highest BCUT2D eigenvalue weighted by Crippen LogP contribution is 2.28. The van der Waals surface area contributed by atoms with Crippen LogP contribution in [0.15, 0.2) is 17.0 Å². The van der Waals surface area contributed by atoms with Crippen LogP contribution in [0.2, 0.25) is 5.02 Å². The van der Waals surface area contributed by atoms with Crippen LogP contribution in [0, 0.1) is 13.8 Å². The minimum Gasteiger partial charge on any atom is -0.380 e. The summed E-state index contributed by atoms with van der Waals surface area (Å²) in [5.41, 5.74) is 1.45. The molecule has 0 radical (unpaired) electrons. The molecule has 1 aliphatic heterocycles. The largest absolute Gasteiger partial charge is 0.380 e. The Hall–Kier alpha value is -0.620. The van der Waals surface area contributed by atoms with Crippen molar-refractivity contribution in [3.05, 3.63) is 28.3 Å². The van der Waals surface area contributed by atoms with Crippen molar-refractivity contribution >= 4 is 21.6 Å². The molecule has 0 bridgehead atoms. The van der Waals surface area contributed by atoms with E-state index in [0.717, 1.165) is 12.0 Å². The van der Waals surface area contributed by atoms with Crippen LogP contribution in [0.3, 0.4) is 0 Å². The van der Waals surface area contributed by atoms with E-state index in [9.17, 15) is 8.42 Å². The average molecular weight is 304 g/mol. The first kappa shape index (κ1) is 14.8. The average Bonchev–Trinajstić information content (AvgIpc) is 2.83. The molecule has 6 heteroatoms. The van der Waals surface area contributed by atoms with Crippen molar-refractivity contribution in [1.29, 1.82) is 0 Å². The number of sulfonamides is 1. The second-order valence-electron chi connectivity index (χ2n) is 4.88. The lowest BCUT2D eigenvalue weighted by molar-refractivity contribution is 0.115. The predicted octanol–water partition coefficient (Wildman–Crippen LogP) is 2.37. The number of hydrogen-bond donors (Lipinski definition) is 0. The molecule has 19 heavy (non-hydrogen) atoms. The van der Waals surface area contributed by atoms with Crippen molar-refractivity contribution in [1.82, 2.24) is 4.31 Å². The second kappa shape index (κ2) is 5.40. The highest BCUT2D eigenvalue weighted by atomic mass is 35.5. The van der Waals surface area contributed by atoms with Gasteiger partial charge in [-0.2, -0.15) is 4.31 Å². The minimum atomic E-state index is -3.46. The predicted molar refractivity (Wildman–Crippen MR) is 75.1 cm³/mol. The summed E-state index contributed by atoms with van der Waals surface area (Å²) in [7, 11) is -1.85. The fourth-order valence-electron chi connectivity index (χ4n) is 2.28. The van der Waals surface area contributed by atoms with E-state index in [0.29, 0.717) is 28.6 Å². The third-order valence-corrected chi connectivity index (χ3v) is 5.93. The number of rotatable bonds is 3. The Bertz CT molecular complexity index is 586. The molecule has 1 aromatic carbocycles. The van der Waals surface area contributed by atoms with Gasteiger partial charge in [0.15, 0.2) is 0 Å². The van der Waals surface area contributed by atoms with Crippen molar-refractivity contribution in [2.24, 2.45) is 0 Å². The standard InChI is InChI=1S/C13H18ClNO3S/c1-9-7-13(10(2)6-12(9)14)19(16,17)15-5-4-11(8-15)18-3/h6-7,11H,4-5,8H2,1-3H3.